The van der Waals surface area contributed by atoms with Crippen molar-refractivity contribution in [2.75, 3.05) is 20.2 Å². The fourth-order valence-electron chi connectivity index (χ4n) is 2.31. The van der Waals surface area contributed by atoms with Gasteiger partial charge in [-0.15, -0.1) is 0 Å². The molecule has 0 aromatic rings. The van der Waals surface area contributed by atoms with Crippen molar-refractivity contribution in [3.05, 3.63) is 0 Å². The number of esters is 1. The van der Waals surface area contributed by atoms with Crippen molar-refractivity contribution >= 4 is 11.9 Å². The van der Waals surface area contributed by atoms with Gasteiger partial charge in [0.2, 0.25) is 0 Å². The predicted molar refractivity (Wildman–Crippen MR) is 62.6 cm³/mol. The SMILES string of the molecule is CCCCCN1CC(C(=O)OC)CC1C(=O)O. The van der Waals surface area contributed by atoms with Gasteiger partial charge in [-0.2, -0.15) is 0 Å². The van der Waals surface area contributed by atoms with Crippen LogP contribution in [0.5, 0.6) is 0 Å². The van der Waals surface area contributed by atoms with Crippen LogP contribution in [0, 0.1) is 5.92 Å². The number of ether oxygens (including phenoxy) is 1. The summed E-state index contributed by atoms with van der Waals surface area (Å²) in [5.74, 6) is -1.43. The van der Waals surface area contributed by atoms with Crippen LogP contribution in [0.3, 0.4) is 0 Å². The van der Waals surface area contributed by atoms with Crippen molar-refractivity contribution in [1.29, 1.82) is 0 Å². The summed E-state index contributed by atoms with van der Waals surface area (Å²) in [6, 6.07) is -0.532. The highest BCUT2D eigenvalue weighted by atomic mass is 16.5. The van der Waals surface area contributed by atoms with Gasteiger partial charge in [0.1, 0.15) is 6.04 Å². The predicted octanol–water partition coefficient (Wildman–Crippen LogP) is 1.12. The summed E-state index contributed by atoms with van der Waals surface area (Å²) >= 11 is 0. The lowest BCUT2D eigenvalue weighted by atomic mass is 10.1. The molecule has 0 spiro atoms. The van der Waals surface area contributed by atoms with Crippen molar-refractivity contribution < 1.29 is 19.4 Å². The van der Waals surface area contributed by atoms with Crippen molar-refractivity contribution in [3.63, 3.8) is 0 Å². The first-order valence-corrected chi connectivity index (χ1v) is 6.14. The van der Waals surface area contributed by atoms with E-state index < -0.39 is 12.0 Å². The molecule has 1 saturated heterocycles. The van der Waals surface area contributed by atoms with Crippen molar-refractivity contribution in [2.45, 2.75) is 38.6 Å². The smallest absolute Gasteiger partial charge is 0.320 e. The molecule has 0 aromatic carbocycles. The topological polar surface area (TPSA) is 66.8 Å². The van der Waals surface area contributed by atoms with E-state index in [9.17, 15) is 9.59 Å². The van der Waals surface area contributed by atoms with Crippen LogP contribution in [0.2, 0.25) is 0 Å². The zero-order chi connectivity index (χ0) is 12.8. The van der Waals surface area contributed by atoms with Crippen LogP contribution in [0.25, 0.3) is 0 Å². The Kier molecular flexibility index (Phi) is 5.41. The number of aliphatic carboxylic acids is 1. The first-order valence-electron chi connectivity index (χ1n) is 6.14. The van der Waals surface area contributed by atoms with Gasteiger partial charge in [0.05, 0.1) is 13.0 Å². The molecule has 1 fully saturated rings. The zero-order valence-corrected chi connectivity index (χ0v) is 10.5. The van der Waals surface area contributed by atoms with E-state index in [1.54, 1.807) is 0 Å². The average molecular weight is 243 g/mol. The lowest BCUT2D eigenvalue weighted by Gasteiger charge is -2.20. The summed E-state index contributed by atoms with van der Waals surface area (Å²) in [4.78, 5) is 24.4. The van der Waals surface area contributed by atoms with E-state index in [2.05, 4.69) is 11.7 Å². The second kappa shape index (κ2) is 6.59. The second-order valence-electron chi connectivity index (χ2n) is 4.51. The summed E-state index contributed by atoms with van der Waals surface area (Å²) in [5, 5.41) is 9.12. The van der Waals surface area contributed by atoms with Crippen LogP contribution in [0.15, 0.2) is 0 Å². The van der Waals surface area contributed by atoms with E-state index >= 15 is 0 Å². The quantitative estimate of drug-likeness (QED) is 0.559. The highest BCUT2D eigenvalue weighted by Gasteiger charge is 2.40. The van der Waals surface area contributed by atoms with E-state index in [4.69, 9.17) is 5.11 Å². The van der Waals surface area contributed by atoms with Crippen molar-refractivity contribution in [3.8, 4) is 0 Å². The van der Waals surface area contributed by atoms with Gasteiger partial charge in [-0.25, -0.2) is 0 Å². The normalized spacial score (nSPS) is 24.8. The van der Waals surface area contributed by atoms with E-state index in [-0.39, 0.29) is 11.9 Å². The minimum absolute atomic E-state index is 0.289. The highest BCUT2D eigenvalue weighted by Crippen LogP contribution is 2.25. The summed E-state index contributed by atoms with van der Waals surface area (Å²) in [6.07, 6.45) is 3.54. The number of carbonyl (C=O) groups excluding carboxylic acids is 1. The molecule has 1 N–H and O–H groups in total. The molecule has 1 heterocycles. The summed E-state index contributed by atoms with van der Waals surface area (Å²) in [6.45, 7) is 3.36. The Hall–Kier alpha value is -1.10. The van der Waals surface area contributed by atoms with E-state index in [0.29, 0.717) is 13.0 Å². The Morgan fingerprint density at radius 3 is 2.65 bits per heavy atom. The molecule has 0 amide bonds. The maximum absolute atomic E-state index is 11.4. The van der Waals surface area contributed by atoms with Crippen molar-refractivity contribution in [2.24, 2.45) is 5.92 Å². The lowest BCUT2D eigenvalue weighted by molar-refractivity contribution is -0.144. The Morgan fingerprint density at radius 1 is 1.41 bits per heavy atom. The second-order valence-corrected chi connectivity index (χ2v) is 4.51. The summed E-state index contributed by atoms with van der Waals surface area (Å²) < 4.78 is 4.68. The Morgan fingerprint density at radius 2 is 2.12 bits per heavy atom. The van der Waals surface area contributed by atoms with Crippen LogP contribution in [0.1, 0.15) is 32.6 Å². The molecule has 5 nitrogen and oxygen atoms in total. The zero-order valence-electron chi connectivity index (χ0n) is 10.5. The number of methoxy groups -OCH3 is 1. The largest absolute Gasteiger partial charge is 0.480 e. The van der Waals surface area contributed by atoms with Gasteiger partial charge in [0.25, 0.3) is 0 Å². The number of rotatable bonds is 6. The standard InChI is InChI=1S/C12H21NO4/c1-3-4-5-6-13-8-9(12(16)17-2)7-10(13)11(14)15/h9-10H,3-8H2,1-2H3,(H,14,15). The number of carbonyl (C=O) groups is 2. The number of unbranched alkanes of at least 4 members (excludes halogenated alkanes) is 2. The fraction of sp³-hybridized carbons (Fsp3) is 0.833. The molecule has 0 bridgehead atoms. The van der Waals surface area contributed by atoms with Crippen molar-refractivity contribution in [1.82, 2.24) is 4.90 Å². The number of carboxylic acids is 1. The number of carboxylic acid groups (broad SMARTS) is 1. The Labute approximate surface area is 102 Å². The molecular formula is C12H21NO4. The first kappa shape index (κ1) is 14.0. The maximum Gasteiger partial charge on any atom is 0.320 e. The molecular weight excluding hydrogens is 222 g/mol. The van der Waals surface area contributed by atoms with Gasteiger partial charge < -0.3 is 9.84 Å². The van der Waals surface area contributed by atoms with Gasteiger partial charge in [-0.05, 0) is 19.4 Å². The minimum Gasteiger partial charge on any atom is -0.480 e. The number of hydrogen-bond acceptors (Lipinski definition) is 4. The van der Waals surface area contributed by atoms with Crippen LogP contribution in [0.4, 0.5) is 0 Å². The van der Waals surface area contributed by atoms with Gasteiger partial charge in [0.15, 0.2) is 0 Å². The van der Waals surface area contributed by atoms with Crippen LogP contribution in [-0.2, 0) is 14.3 Å². The lowest BCUT2D eigenvalue weighted by Crippen LogP contribution is -2.36. The highest BCUT2D eigenvalue weighted by molar-refractivity contribution is 5.78. The molecule has 5 heteroatoms. The van der Waals surface area contributed by atoms with E-state index in [1.165, 1.54) is 7.11 Å². The third-order valence-electron chi connectivity index (χ3n) is 3.27. The van der Waals surface area contributed by atoms with Crippen LogP contribution < -0.4 is 0 Å². The third-order valence-corrected chi connectivity index (χ3v) is 3.27. The van der Waals surface area contributed by atoms with Gasteiger partial charge in [0, 0.05) is 6.54 Å². The van der Waals surface area contributed by atoms with Gasteiger partial charge in [-0.1, -0.05) is 19.8 Å². The number of hydrogen-bond donors (Lipinski definition) is 1. The van der Waals surface area contributed by atoms with Gasteiger partial charge in [-0.3, -0.25) is 14.5 Å². The molecule has 1 aliphatic heterocycles. The minimum atomic E-state index is -0.840. The molecule has 0 radical (unpaired) electrons. The average Bonchev–Trinajstić information content (AvgIpc) is 2.73. The van der Waals surface area contributed by atoms with Gasteiger partial charge >= 0.3 is 11.9 Å². The fourth-order valence-corrected chi connectivity index (χ4v) is 2.31. The van der Waals surface area contributed by atoms with Crippen LogP contribution >= 0.6 is 0 Å². The molecule has 2 atom stereocenters. The molecule has 98 valence electrons. The first-order chi connectivity index (χ1) is 8.10. The molecule has 1 aliphatic rings. The van der Waals surface area contributed by atoms with E-state index in [0.717, 1.165) is 25.8 Å². The molecule has 0 saturated carbocycles. The molecule has 0 aromatic heterocycles. The molecule has 2 unspecified atom stereocenters. The summed E-state index contributed by atoms with van der Waals surface area (Å²) in [5.41, 5.74) is 0. The van der Waals surface area contributed by atoms with Crippen LogP contribution in [-0.4, -0.2) is 48.2 Å². The number of nitrogens with zero attached hydrogens (tertiary/aromatic N) is 1. The Balaban J connectivity index is 2.54. The third kappa shape index (κ3) is 3.70. The summed E-state index contributed by atoms with van der Waals surface area (Å²) in [7, 11) is 1.35. The maximum atomic E-state index is 11.4. The molecule has 0 aliphatic carbocycles. The molecule has 1 rings (SSSR count). The molecule has 17 heavy (non-hydrogen) atoms. The monoisotopic (exact) mass is 243 g/mol. The van der Waals surface area contributed by atoms with E-state index in [1.807, 2.05) is 4.90 Å². The Bertz CT molecular complexity index is 280. The number of likely N-dealkylation sites (tertiary alicyclic amines) is 1.